The Bertz CT molecular complexity index is 3580. The van der Waals surface area contributed by atoms with E-state index in [0.29, 0.717) is 17.5 Å². The average molecular weight is 859 g/mol. The number of fused-ring (bicyclic) bond motifs is 8. The molecule has 2 heterocycles. The molecule has 0 aliphatic heterocycles. The van der Waals surface area contributed by atoms with E-state index < -0.39 is 11.7 Å². The highest BCUT2D eigenvalue weighted by molar-refractivity contribution is 6.18. The summed E-state index contributed by atoms with van der Waals surface area (Å²) in [5.41, 5.74) is 11.6. The minimum atomic E-state index is -4.43. The molecule has 0 bridgehead atoms. The predicted octanol–water partition coefficient (Wildman–Crippen LogP) is 18.3. The fourth-order valence-electron chi connectivity index (χ4n) is 9.19. The first-order valence-electron chi connectivity index (χ1n) is 22.1. The number of rotatable bonds is 8. The van der Waals surface area contributed by atoms with Gasteiger partial charge < -0.3 is 18.6 Å². The topological polar surface area (TPSA) is 32.8 Å². The summed E-state index contributed by atoms with van der Waals surface area (Å²) in [7, 11) is 0. The van der Waals surface area contributed by atoms with Crippen LogP contribution < -0.4 is 9.80 Å². The molecule has 9 aromatic carbocycles. The molecule has 65 heavy (non-hydrogen) atoms. The Hall–Kier alpha value is -7.51. The van der Waals surface area contributed by atoms with E-state index in [0.717, 1.165) is 106 Å². The second kappa shape index (κ2) is 15.3. The Balaban J connectivity index is 0.977. The van der Waals surface area contributed by atoms with Crippen LogP contribution >= 0.6 is 0 Å². The van der Waals surface area contributed by atoms with Crippen molar-refractivity contribution in [3.63, 3.8) is 0 Å². The molecule has 11 rings (SSSR count). The van der Waals surface area contributed by atoms with Crippen molar-refractivity contribution in [1.82, 2.24) is 0 Å². The van der Waals surface area contributed by atoms with Crippen molar-refractivity contribution >= 4 is 99.5 Å². The van der Waals surface area contributed by atoms with Crippen molar-refractivity contribution in [3.05, 3.63) is 192 Å². The molecule has 2 aromatic heterocycles. The van der Waals surface area contributed by atoms with Crippen LogP contribution in [0.1, 0.15) is 61.8 Å². The van der Waals surface area contributed by atoms with Crippen molar-refractivity contribution in [1.29, 1.82) is 0 Å². The number of benzene rings is 9. The summed E-state index contributed by atoms with van der Waals surface area (Å²) in [6, 6.07) is 56.5. The quantitative estimate of drug-likeness (QED) is 0.152. The van der Waals surface area contributed by atoms with Gasteiger partial charge in [-0.3, -0.25) is 0 Å². The van der Waals surface area contributed by atoms with Gasteiger partial charge in [0, 0.05) is 61.7 Å². The Kier molecular flexibility index (Phi) is 9.50. The summed E-state index contributed by atoms with van der Waals surface area (Å²) in [5.74, 6) is 0.788. The van der Waals surface area contributed by atoms with E-state index in [9.17, 15) is 13.2 Å². The van der Waals surface area contributed by atoms with Crippen molar-refractivity contribution in [2.24, 2.45) is 0 Å². The van der Waals surface area contributed by atoms with Crippen LogP contribution in [0.3, 0.4) is 0 Å². The van der Waals surface area contributed by atoms with Gasteiger partial charge in [0.25, 0.3) is 0 Å². The molecule has 11 aromatic rings. The molecule has 0 radical (unpaired) electrons. The molecule has 0 fully saturated rings. The first-order valence-corrected chi connectivity index (χ1v) is 22.1. The van der Waals surface area contributed by atoms with Crippen LogP contribution in [0.5, 0.6) is 0 Å². The van der Waals surface area contributed by atoms with Gasteiger partial charge in [-0.25, -0.2) is 0 Å². The van der Waals surface area contributed by atoms with Crippen LogP contribution in [0.25, 0.3) is 65.4 Å². The second-order valence-corrected chi connectivity index (χ2v) is 17.9. The maximum absolute atomic E-state index is 13.6. The highest BCUT2D eigenvalue weighted by Gasteiger charge is 2.30. The SMILES string of the molecule is Cc1ccc(N(c2ccc(C(C)C)cc2)c2ccc3cc4c(cc3c2)oc2cc3oc5cc6cc(N(c7ccc(C(C)C)cc7)c7ccc(C(F)(F)F)cc7)ccc6cc5c3cc24)cc1. The first kappa shape index (κ1) is 40.3. The minimum Gasteiger partial charge on any atom is -0.456 e. The number of alkyl halides is 3. The lowest BCUT2D eigenvalue weighted by molar-refractivity contribution is -0.137. The molecule has 0 unspecified atom stereocenters. The van der Waals surface area contributed by atoms with Gasteiger partial charge in [-0.2, -0.15) is 13.2 Å². The van der Waals surface area contributed by atoms with Crippen LogP contribution in [0.4, 0.5) is 47.3 Å². The van der Waals surface area contributed by atoms with Crippen LogP contribution in [-0.2, 0) is 6.18 Å². The Morgan fingerprint density at radius 1 is 0.369 bits per heavy atom. The maximum Gasteiger partial charge on any atom is 0.416 e. The molecular weight excluding hydrogens is 814 g/mol. The Morgan fingerprint density at radius 3 is 1.12 bits per heavy atom. The standard InChI is InChI=1S/C58H45F3N2O2/c1-34(2)37-8-18-45(19-9-37)62(44-16-6-36(5)7-17-44)48-22-12-39-28-50-52-32-53-51-29-40-13-23-49(27-42(40)31-55(51)65-57(53)33-56(52)64-54(50)30-41(39)26-48)63(46-20-10-38(11-21-46)35(3)4)47-24-14-43(15-25-47)58(59,60)61/h6-35H,1-5H3. The molecule has 0 N–H and O–H groups in total. The number of aryl methyl sites for hydroxylation is 1. The molecule has 7 heteroatoms. The third-order valence-electron chi connectivity index (χ3n) is 12.8. The summed E-state index contributed by atoms with van der Waals surface area (Å²) in [6.07, 6.45) is -4.43. The first-order chi connectivity index (χ1) is 31.3. The van der Waals surface area contributed by atoms with Crippen molar-refractivity contribution in [2.75, 3.05) is 9.80 Å². The number of nitrogens with zero attached hydrogens (tertiary/aromatic N) is 2. The van der Waals surface area contributed by atoms with E-state index in [2.05, 4.69) is 155 Å². The number of hydrogen-bond acceptors (Lipinski definition) is 4. The Labute approximate surface area is 374 Å². The van der Waals surface area contributed by atoms with Gasteiger partial charge in [0.1, 0.15) is 22.3 Å². The molecule has 4 nitrogen and oxygen atoms in total. The third-order valence-corrected chi connectivity index (χ3v) is 12.8. The monoisotopic (exact) mass is 858 g/mol. The molecule has 0 aliphatic rings. The second-order valence-electron chi connectivity index (χ2n) is 17.9. The number of anilines is 6. The summed E-state index contributed by atoms with van der Waals surface area (Å²) in [5, 5.41) is 8.18. The highest BCUT2D eigenvalue weighted by Crippen LogP contribution is 2.43. The van der Waals surface area contributed by atoms with Crippen molar-refractivity contribution < 1.29 is 22.0 Å². The molecule has 320 valence electrons. The normalized spacial score (nSPS) is 12.3. The van der Waals surface area contributed by atoms with Gasteiger partial charge >= 0.3 is 6.18 Å². The predicted molar refractivity (Wildman–Crippen MR) is 263 cm³/mol. The molecule has 0 spiro atoms. The smallest absolute Gasteiger partial charge is 0.416 e. The van der Waals surface area contributed by atoms with E-state index in [-0.39, 0.29) is 0 Å². The maximum atomic E-state index is 13.6. The van der Waals surface area contributed by atoms with Gasteiger partial charge in [-0.15, -0.1) is 0 Å². The van der Waals surface area contributed by atoms with Gasteiger partial charge in [0.2, 0.25) is 0 Å². The van der Waals surface area contributed by atoms with E-state index in [1.54, 1.807) is 0 Å². The molecule has 0 aliphatic carbocycles. The summed E-state index contributed by atoms with van der Waals surface area (Å²) < 4.78 is 53.9. The molecule has 0 amide bonds. The van der Waals surface area contributed by atoms with E-state index >= 15 is 0 Å². The third kappa shape index (κ3) is 7.21. The average Bonchev–Trinajstić information content (AvgIpc) is 3.83. The zero-order chi connectivity index (χ0) is 44.7. The molecular formula is C58H45F3N2O2. The lowest BCUT2D eigenvalue weighted by Crippen LogP contribution is -2.11. The van der Waals surface area contributed by atoms with Gasteiger partial charge in [0.05, 0.1) is 5.56 Å². The lowest BCUT2D eigenvalue weighted by Gasteiger charge is -2.26. The summed E-state index contributed by atoms with van der Waals surface area (Å²) in [4.78, 5) is 4.29. The Morgan fingerprint density at radius 2 is 0.723 bits per heavy atom. The minimum absolute atomic E-state index is 0.340. The van der Waals surface area contributed by atoms with E-state index in [1.165, 1.54) is 28.8 Å². The molecule has 0 saturated heterocycles. The number of halogens is 3. The van der Waals surface area contributed by atoms with Crippen molar-refractivity contribution in [2.45, 2.75) is 52.6 Å². The lowest BCUT2D eigenvalue weighted by atomic mass is 10.0. The van der Waals surface area contributed by atoms with Gasteiger partial charge in [-0.1, -0.05) is 81.8 Å². The van der Waals surface area contributed by atoms with Gasteiger partial charge in [0.15, 0.2) is 0 Å². The zero-order valence-electron chi connectivity index (χ0n) is 36.7. The van der Waals surface area contributed by atoms with Crippen LogP contribution in [0.15, 0.2) is 179 Å². The molecule has 0 atom stereocenters. The highest BCUT2D eigenvalue weighted by atomic mass is 19.4. The zero-order valence-corrected chi connectivity index (χ0v) is 36.7. The van der Waals surface area contributed by atoms with E-state index in [1.807, 2.05) is 35.2 Å². The van der Waals surface area contributed by atoms with Crippen LogP contribution in [0.2, 0.25) is 0 Å². The summed E-state index contributed by atoms with van der Waals surface area (Å²) >= 11 is 0. The van der Waals surface area contributed by atoms with E-state index in [4.69, 9.17) is 8.83 Å². The number of furan rings is 2. The fraction of sp³-hybridized carbons (Fsp3) is 0.138. The number of hydrogen-bond donors (Lipinski definition) is 0. The fourth-order valence-corrected chi connectivity index (χ4v) is 9.19. The van der Waals surface area contributed by atoms with Crippen molar-refractivity contribution in [3.8, 4) is 0 Å². The molecule has 0 saturated carbocycles. The van der Waals surface area contributed by atoms with Crippen LogP contribution in [-0.4, -0.2) is 0 Å². The summed E-state index contributed by atoms with van der Waals surface area (Å²) in [6.45, 7) is 10.8. The van der Waals surface area contributed by atoms with Crippen LogP contribution in [0, 0.1) is 6.92 Å². The van der Waals surface area contributed by atoms with Gasteiger partial charge in [-0.05, 0) is 167 Å². The largest absolute Gasteiger partial charge is 0.456 e.